The van der Waals surface area contributed by atoms with Gasteiger partial charge < -0.3 is 11.5 Å². The highest BCUT2D eigenvalue weighted by atomic mass is 79.9. The zero-order valence-corrected chi connectivity index (χ0v) is 11.4. The predicted molar refractivity (Wildman–Crippen MR) is 70.5 cm³/mol. The van der Waals surface area contributed by atoms with Gasteiger partial charge in [0.15, 0.2) is 11.1 Å². The van der Waals surface area contributed by atoms with E-state index >= 15 is 0 Å². The quantitative estimate of drug-likeness (QED) is 0.558. The van der Waals surface area contributed by atoms with Crippen LogP contribution in [0.4, 0.5) is 0 Å². The van der Waals surface area contributed by atoms with Gasteiger partial charge in [-0.1, -0.05) is 11.8 Å². The number of guanidine groups is 1. The van der Waals surface area contributed by atoms with Crippen molar-refractivity contribution in [2.45, 2.75) is 12.7 Å². The first-order chi connectivity index (χ1) is 7.41. The van der Waals surface area contributed by atoms with E-state index in [9.17, 15) is 0 Å². The fourth-order valence-electron chi connectivity index (χ4n) is 1.12. The summed E-state index contributed by atoms with van der Waals surface area (Å²) in [5, 5.41) is 11.8. The van der Waals surface area contributed by atoms with Gasteiger partial charge >= 0.3 is 0 Å². The number of rotatable bonds is 2. The van der Waals surface area contributed by atoms with Gasteiger partial charge in [0.2, 0.25) is 0 Å². The highest BCUT2D eigenvalue weighted by Gasteiger charge is 2.11. The van der Waals surface area contributed by atoms with Crippen LogP contribution in [0.5, 0.6) is 0 Å². The van der Waals surface area contributed by atoms with Gasteiger partial charge in [0, 0.05) is 12.8 Å². The van der Waals surface area contributed by atoms with Crippen LogP contribution in [-0.2, 0) is 12.8 Å². The summed E-state index contributed by atoms with van der Waals surface area (Å²) in [6.07, 6.45) is 0. The third-order valence-electron chi connectivity index (χ3n) is 1.84. The van der Waals surface area contributed by atoms with E-state index in [1.807, 2.05) is 14.0 Å². The Hall–Kier alpha value is -1.02. The van der Waals surface area contributed by atoms with Gasteiger partial charge in [0.05, 0.1) is 15.9 Å². The van der Waals surface area contributed by atoms with E-state index in [0.29, 0.717) is 5.75 Å². The van der Waals surface area contributed by atoms with Crippen LogP contribution in [0, 0.1) is 12.3 Å². The molecule has 1 rings (SSSR count). The number of nitrogens with two attached hydrogens (primary N) is 2. The first kappa shape index (κ1) is 13.0. The molecule has 0 atom stereocenters. The molecule has 0 fully saturated rings. The second kappa shape index (κ2) is 5.35. The van der Waals surface area contributed by atoms with Gasteiger partial charge in [-0.3, -0.25) is 10.1 Å². The molecule has 16 heavy (non-hydrogen) atoms. The Bertz CT molecular complexity index is 434. The van der Waals surface area contributed by atoms with Crippen molar-refractivity contribution in [2.75, 3.05) is 0 Å². The average Bonchev–Trinajstić information content (AvgIpc) is 2.38. The van der Waals surface area contributed by atoms with E-state index in [4.69, 9.17) is 16.9 Å². The number of nitrogens with zero attached hydrogens (tertiary/aromatic N) is 3. The average molecular weight is 305 g/mol. The number of amidine groups is 1. The molecule has 8 heteroatoms. The summed E-state index contributed by atoms with van der Waals surface area (Å²) in [4.78, 5) is 3.63. The molecular formula is C8H13BrN6S. The fourth-order valence-corrected chi connectivity index (χ4v) is 2.56. The van der Waals surface area contributed by atoms with Crippen LogP contribution < -0.4 is 11.5 Å². The monoisotopic (exact) mass is 304 g/mol. The van der Waals surface area contributed by atoms with Gasteiger partial charge in [-0.25, -0.2) is 0 Å². The molecule has 0 unspecified atom stereocenters. The number of halogens is 1. The zero-order valence-electron chi connectivity index (χ0n) is 8.99. The maximum absolute atomic E-state index is 7.49. The molecule has 88 valence electrons. The third kappa shape index (κ3) is 3.24. The summed E-state index contributed by atoms with van der Waals surface area (Å²) in [6, 6.07) is 0. The molecule has 0 saturated heterocycles. The maximum Gasteiger partial charge on any atom is 0.193 e. The molecule has 5 N–H and O–H groups in total. The van der Waals surface area contributed by atoms with Crippen molar-refractivity contribution in [3.63, 3.8) is 0 Å². The minimum atomic E-state index is -0.0993. The summed E-state index contributed by atoms with van der Waals surface area (Å²) >= 11 is 4.69. The van der Waals surface area contributed by atoms with Gasteiger partial charge in [0.1, 0.15) is 0 Å². The number of nitrogens with one attached hydrogen (secondary N) is 1. The topological polar surface area (TPSA) is 106 Å². The van der Waals surface area contributed by atoms with E-state index in [0.717, 1.165) is 15.9 Å². The summed E-state index contributed by atoms with van der Waals surface area (Å²) < 4.78 is 2.73. The van der Waals surface area contributed by atoms with E-state index in [1.165, 1.54) is 11.8 Å². The Morgan fingerprint density at radius 2 is 2.25 bits per heavy atom. The van der Waals surface area contributed by atoms with Crippen LogP contribution >= 0.6 is 27.7 Å². The minimum absolute atomic E-state index is 0.0887. The van der Waals surface area contributed by atoms with E-state index in [2.05, 4.69) is 26.0 Å². The Kier molecular flexibility index (Phi) is 4.36. The van der Waals surface area contributed by atoms with E-state index in [-0.39, 0.29) is 11.1 Å². The predicted octanol–water partition coefficient (Wildman–Crippen LogP) is 0.932. The molecular weight excluding hydrogens is 292 g/mol. The largest absolute Gasteiger partial charge is 0.370 e. The van der Waals surface area contributed by atoms with Crippen LogP contribution in [-0.4, -0.2) is 20.9 Å². The third-order valence-corrected chi connectivity index (χ3v) is 3.65. The molecule has 0 radical (unpaired) electrons. The Morgan fingerprint density at radius 3 is 2.69 bits per heavy atom. The lowest BCUT2D eigenvalue weighted by atomic mass is 10.4. The Morgan fingerprint density at radius 1 is 1.62 bits per heavy atom. The molecule has 0 aliphatic carbocycles. The van der Waals surface area contributed by atoms with Crippen molar-refractivity contribution in [1.82, 2.24) is 9.78 Å². The number of thioether (sulfide) groups is 1. The van der Waals surface area contributed by atoms with Crippen LogP contribution in [0.3, 0.4) is 0 Å². The molecule has 1 heterocycles. The number of hydrogen-bond acceptors (Lipinski definition) is 3. The molecule has 0 spiro atoms. The molecule has 1 aromatic rings. The first-order valence-electron chi connectivity index (χ1n) is 4.40. The second-order valence-electron chi connectivity index (χ2n) is 3.10. The smallest absolute Gasteiger partial charge is 0.193 e. The van der Waals surface area contributed by atoms with Crippen LogP contribution in [0.15, 0.2) is 9.47 Å². The first-order valence-corrected chi connectivity index (χ1v) is 6.18. The van der Waals surface area contributed by atoms with Gasteiger partial charge in [0.25, 0.3) is 0 Å². The van der Waals surface area contributed by atoms with Crippen molar-refractivity contribution in [3.05, 3.63) is 15.9 Å². The van der Waals surface area contributed by atoms with E-state index in [1.54, 1.807) is 4.68 Å². The van der Waals surface area contributed by atoms with Gasteiger partial charge in [-0.15, -0.1) is 0 Å². The number of aliphatic imine (C=N–C) groups is 1. The Labute approximate surface area is 106 Å². The number of hydrogen-bond donors (Lipinski definition) is 3. The van der Waals surface area contributed by atoms with Crippen molar-refractivity contribution in [2.24, 2.45) is 23.5 Å². The van der Waals surface area contributed by atoms with Gasteiger partial charge in [-0.05, 0) is 22.9 Å². The zero-order chi connectivity index (χ0) is 12.3. The standard InChI is InChI=1S/C8H13BrN6S/c1-4-6(9)5(15(2)14-4)3-16-8(12)13-7(10)11/h3H2,1-2H3,(H5,10,11,12,13). The van der Waals surface area contributed by atoms with Crippen molar-refractivity contribution >= 4 is 38.8 Å². The van der Waals surface area contributed by atoms with Crippen molar-refractivity contribution in [3.8, 4) is 0 Å². The second-order valence-corrected chi connectivity index (χ2v) is 4.86. The molecule has 0 aromatic carbocycles. The van der Waals surface area contributed by atoms with Crippen molar-refractivity contribution < 1.29 is 0 Å². The summed E-state index contributed by atoms with van der Waals surface area (Å²) in [5.74, 6) is 0.492. The molecule has 0 bridgehead atoms. The van der Waals surface area contributed by atoms with Crippen molar-refractivity contribution in [1.29, 1.82) is 5.41 Å². The summed E-state index contributed by atoms with van der Waals surface area (Å²) in [5.41, 5.74) is 12.3. The van der Waals surface area contributed by atoms with E-state index < -0.39 is 0 Å². The number of aryl methyl sites for hydroxylation is 2. The molecule has 0 aliphatic rings. The maximum atomic E-state index is 7.49. The fraction of sp³-hybridized carbons (Fsp3) is 0.375. The van der Waals surface area contributed by atoms with Crippen LogP contribution in [0.25, 0.3) is 0 Å². The molecule has 1 aromatic heterocycles. The molecule has 0 saturated carbocycles. The summed E-state index contributed by atoms with van der Waals surface area (Å²) in [7, 11) is 1.86. The highest BCUT2D eigenvalue weighted by Crippen LogP contribution is 2.24. The SMILES string of the molecule is Cc1nn(C)c(CSC(=N)N=C(N)N)c1Br. The normalized spacial score (nSPS) is 10.2. The molecule has 6 nitrogen and oxygen atoms in total. The highest BCUT2D eigenvalue weighted by molar-refractivity contribution is 9.10. The minimum Gasteiger partial charge on any atom is -0.370 e. The summed E-state index contributed by atoms with van der Waals surface area (Å²) in [6.45, 7) is 1.92. The number of aromatic nitrogens is 2. The molecule has 0 aliphatic heterocycles. The Balaban J connectivity index is 2.68. The lowest BCUT2D eigenvalue weighted by Crippen LogP contribution is -2.23. The van der Waals surface area contributed by atoms with Crippen LogP contribution in [0.1, 0.15) is 11.4 Å². The lowest BCUT2D eigenvalue weighted by molar-refractivity contribution is 0.727. The lowest BCUT2D eigenvalue weighted by Gasteiger charge is -2.01. The molecule has 0 amide bonds. The van der Waals surface area contributed by atoms with Crippen LogP contribution in [0.2, 0.25) is 0 Å². The van der Waals surface area contributed by atoms with Gasteiger partial charge in [-0.2, -0.15) is 10.1 Å².